The minimum Gasteiger partial charge on any atom is -0.478 e. The lowest BCUT2D eigenvalue weighted by molar-refractivity contribution is -0.130. The van der Waals surface area contributed by atoms with Gasteiger partial charge in [0.15, 0.2) is 5.76 Å². The third-order valence-electron chi connectivity index (χ3n) is 1.18. The van der Waals surface area contributed by atoms with Crippen molar-refractivity contribution in [2.45, 2.75) is 6.92 Å². The molecule has 1 heterocycles. The maximum Gasteiger partial charge on any atom is 0.338 e. The number of carbonyl (C=O) groups is 1. The van der Waals surface area contributed by atoms with Crippen LogP contribution in [0.4, 0.5) is 0 Å². The maximum absolute atomic E-state index is 10.3. The number of carboxylic acid groups (broad SMARTS) is 1. The number of rotatable bonds is 2. The molecule has 0 spiro atoms. The zero-order chi connectivity index (χ0) is 8.43. The van der Waals surface area contributed by atoms with Crippen LogP contribution in [0.3, 0.4) is 0 Å². The van der Waals surface area contributed by atoms with Crippen molar-refractivity contribution in [3.05, 3.63) is 24.1 Å². The summed E-state index contributed by atoms with van der Waals surface area (Å²) in [5, 5.41) is 12.0. The topological polar surface area (TPSA) is 63.3 Å². The van der Waals surface area contributed by atoms with Crippen molar-refractivity contribution in [3.8, 4) is 0 Å². The zero-order valence-corrected chi connectivity index (χ0v) is 6.00. The van der Waals surface area contributed by atoms with Crippen LogP contribution in [0.2, 0.25) is 0 Å². The predicted octanol–water partition coefficient (Wildman–Crippen LogP) is 1.08. The Kier molecular flexibility index (Phi) is 1.76. The van der Waals surface area contributed by atoms with Gasteiger partial charge in [0, 0.05) is 6.07 Å². The SMILES string of the molecule is C=C(C(=O)O)c1cc(C)no1. The maximum atomic E-state index is 10.3. The van der Waals surface area contributed by atoms with Crippen LogP contribution in [-0.2, 0) is 4.79 Å². The minimum absolute atomic E-state index is 0.0781. The summed E-state index contributed by atoms with van der Waals surface area (Å²) in [6.45, 7) is 5.01. The number of carboxylic acids is 1. The van der Waals surface area contributed by atoms with Gasteiger partial charge in [0.05, 0.1) is 11.3 Å². The summed E-state index contributed by atoms with van der Waals surface area (Å²) in [5.74, 6) is -0.892. The Hall–Kier alpha value is -1.58. The fraction of sp³-hybridized carbons (Fsp3) is 0.143. The summed E-state index contributed by atoms with van der Waals surface area (Å²) in [5.41, 5.74) is 0.563. The summed E-state index contributed by atoms with van der Waals surface area (Å²) in [6.07, 6.45) is 0. The van der Waals surface area contributed by atoms with E-state index in [-0.39, 0.29) is 11.3 Å². The summed E-state index contributed by atoms with van der Waals surface area (Å²) < 4.78 is 4.66. The van der Waals surface area contributed by atoms with E-state index in [0.717, 1.165) is 0 Å². The van der Waals surface area contributed by atoms with Crippen LogP contribution in [0, 0.1) is 6.92 Å². The van der Waals surface area contributed by atoms with E-state index >= 15 is 0 Å². The molecule has 0 saturated heterocycles. The largest absolute Gasteiger partial charge is 0.478 e. The van der Waals surface area contributed by atoms with E-state index in [1.807, 2.05) is 0 Å². The molecule has 0 aliphatic carbocycles. The monoisotopic (exact) mass is 153 g/mol. The Labute approximate surface area is 63.1 Å². The van der Waals surface area contributed by atoms with Gasteiger partial charge < -0.3 is 9.63 Å². The molecule has 4 nitrogen and oxygen atoms in total. The molecule has 58 valence electrons. The van der Waals surface area contributed by atoms with Gasteiger partial charge in [0.2, 0.25) is 0 Å². The van der Waals surface area contributed by atoms with Crippen molar-refractivity contribution in [2.75, 3.05) is 0 Å². The van der Waals surface area contributed by atoms with E-state index in [2.05, 4.69) is 16.3 Å². The molecule has 0 aliphatic rings. The van der Waals surface area contributed by atoms with Crippen LogP contribution in [0.5, 0.6) is 0 Å². The Balaban J connectivity index is 2.94. The molecular weight excluding hydrogens is 146 g/mol. The quantitative estimate of drug-likeness (QED) is 0.645. The first-order valence-electron chi connectivity index (χ1n) is 2.97. The van der Waals surface area contributed by atoms with Crippen molar-refractivity contribution in [2.24, 2.45) is 0 Å². The van der Waals surface area contributed by atoms with E-state index < -0.39 is 5.97 Å². The first-order chi connectivity index (χ1) is 5.11. The molecule has 0 saturated carbocycles. The van der Waals surface area contributed by atoms with Gasteiger partial charge >= 0.3 is 5.97 Å². The molecule has 1 rings (SSSR count). The highest BCUT2D eigenvalue weighted by Gasteiger charge is 2.11. The number of nitrogens with zero attached hydrogens (tertiary/aromatic N) is 1. The lowest BCUT2D eigenvalue weighted by Crippen LogP contribution is -1.95. The first kappa shape index (κ1) is 7.53. The molecule has 0 amide bonds. The second-order valence-corrected chi connectivity index (χ2v) is 2.12. The van der Waals surface area contributed by atoms with E-state index in [1.165, 1.54) is 6.07 Å². The molecule has 11 heavy (non-hydrogen) atoms. The van der Waals surface area contributed by atoms with Crippen LogP contribution < -0.4 is 0 Å². The molecule has 0 atom stereocenters. The van der Waals surface area contributed by atoms with Crippen molar-refractivity contribution in [3.63, 3.8) is 0 Å². The van der Waals surface area contributed by atoms with Crippen molar-refractivity contribution in [1.82, 2.24) is 5.16 Å². The molecule has 1 aromatic heterocycles. The highest BCUT2D eigenvalue weighted by Crippen LogP contribution is 2.12. The van der Waals surface area contributed by atoms with Gasteiger partial charge in [0.1, 0.15) is 0 Å². The Morgan fingerprint density at radius 1 is 1.82 bits per heavy atom. The summed E-state index contributed by atoms with van der Waals surface area (Å²) in [7, 11) is 0. The van der Waals surface area contributed by atoms with E-state index in [4.69, 9.17) is 5.11 Å². The van der Waals surface area contributed by atoms with Gasteiger partial charge in [0.25, 0.3) is 0 Å². The van der Waals surface area contributed by atoms with Crippen molar-refractivity contribution < 1.29 is 14.4 Å². The van der Waals surface area contributed by atoms with Gasteiger partial charge in [-0.15, -0.1) is 0 Å². The fourth-order valence-electron chi connectivity index (χ4n) is 0.611. The highest BCUT2D eigenvalue weighted by atomic mass is 16.5. The molecule has 1 N–H and O–H groups in total. The number of hydrogen-bond acceptors (Lipinski definition) is 3. The Bertz CT molecular complexity index is 300. The van der Waals surface area contributed by atoms with Crippen LogP contribution >= 0.6 is 0 Å². The molecule has 0 unspecified atom stereocenters. The molecule has 0 aliphatic heterocycles. The van der Waals surface area contributed by atoms with Crippen LogP contribution in [0.1, 0.15) is 11.5 Å². The smallest absolute Gasteiger partial charge is 0.338 e. The molecule has 0 radical (unpaired) electrons. The van der Waals surface area contributed by atoms with Crippen molar-refractivity contribution >= 4 is 11.5 Å². The van der Waals surface area contributed by atoms with E-state index in [9.17, 15) is 4.79 Å². The van der Waals surface area contributed by atoms with Gasteiger partial charge in [-0.3, -0.25) is 0 Å². The van der Waals surface area contributed by atoms with E-state index in [0.29, 0.717) is 5.69 Å². The standard InChI is InChI=1S/C7H7NO3/c1-4-3-6(11-8-4)5(2)7(9)10/h3H,2H2,1H3,(H,9,10). The average molecular weight is 153 g/mol. The number of aryl methyl sites for hydroxylation is 1. The molecule has 0 fully saturated rings. The second-order valence-electron chi connectivity index (χ2n) is 2.12. The molecule has 4 heteroatoms. The lowest BCUT2D eigenvalue weighted by Gasteiger charge is -1.89. The number of hydrogen-bond donors (Lipinski definition) is 1. The first-order valence-corrected chi connectivity index (χ1v) is 2.97. The Morgan fingerprint density at radius 2 is 2.45 bits per heavy atom. The third kappa shape index (κ3) is 1.46. The van der Waals surface area contributed by atoms with Gasteiger partial charge in [-0.05, 0) is 6.92 Å². The van der Waals surface area contributed by atoms with Crippen LogP contribution in [0.25, 0.3) is 5.57 Å². The fourth-order valence-corrected chi connectivity index (χ4v) is 0.611. The average Bonchev–Trinajstić information content (AvgIpc) is 2.34. The minimum atomic E-state index is -1.10. The summed E-state index contributed by atoms with van der Waals surface area (Å²) in [6, 6.07) is 1.52. The number of aliphatic carboxylic acids is 1. The van der Waals surface area contributed by atoms with Gasteiger partial charge in [-0.1, -0.05) is 11.7 Å². The summed E-state index contributed by atoms with van der Waals surface area (Å²) >= 11 is 0. The van der Waals surface area contributed by atoms with Crippen LogP contribution in [-0.4, -0.2) is 16.2 Å². The molecule has 0 aromatic carbocycles. The van der Waals surface area contributed by atoms with E-state index in [1.54, 1.807) is 6.92 Å². The van der Waals surface area contributed by atoms with Gasteiger partial charge in [-0.2, -0.15) is 0 Å². The zero-order valence-electron chi connectivity index (χ0n) is 6.00. The molecular formula is C7H7NO3. The van der Waals surface area contributed by atoms with Crippen LogP contribution in [0.15, 0.2) is 17.2 Å². The summed E-state index contributed by atoms with van der Waals surface area (Å²) in [4.78, 5) is 10.3. The molecule has 0 bridgehead atoms. The highest BCUT2D eigenvalue weighted by molar-refractivity contribution is 6.13. The predicted molar refractivity (Wildman–Crippen MR) is 37.9 cm³/mol. The third-order valence-corrected chi connectivity index (χ3v) is 1.18. The lowest BCUT2D eigenvalue weighted by atomic mass is 10.2. The normalized spacial score (nSPS) is 9.55. The second kappa shape index (κ2) is 2.57. The van der Waals surface area contributed by atoms with Crippen molar-refractivity contribution in [1.29, 1.82) is 0 Å². The number of aromatic nitrogens is 1. The molecule has 1 aromatic rings. The Morgan fingerprint density at radius 3 is 2.82 bits per heavy atom. The van der Waals surface area contributed by atoms with Gasteiger partial charge in [-0.25, -0.2) is 4.79 Å².